The fraction of sp³-hybridized carbons (Fsp3) is 0.240. The molecule has 0 atom stereocenters. The van der Waals surface area contributed by atoms with Gasteiger partial charge < -0.3 is 10.1 Å². The number of ether oxygens (including phenoxy) is 1. The van der Waals surface area contributed by atoms with Gasteiger partial charge in [0.25, 0.3) is 0 Å². The van der Waals surface area contributed by atoms with Gasteiger partial charge in [0, 0.05) is 6.54 Å². The highest BCUT2D eigenvalue weighted by atomic mass is 16.5. The van der Waals surface area contributed by atoms with Gasteiger partial charge in [0.05, 0.1) is 19.7 Å². The van der Waals surface area contributed by atoms with Crippen molar-refractivity contribution < 1.29 is 9.53 Å². The van der Waals surface area contributed by atoms with E-state index in [1.165, 1.54) is 11.1 Å². The summed E-state index contributed by atoms with van der Waals surface area (Å²) in [5, 5.41) is 3.04. The topological polar surface area (TPSA) is 41.6 Å². The number of carbonyl (C=O) groups excluding carboxylic acids is 1. The van der Waals surface area contributed by atoms with Crippen molar-refractivity contribution >= 4 is 5.91 Å². The summed E-state index contributed by atoms with van der Waals surface area (Å²) in [4.78, 5) is 14.7. The van der Waals surface area contributed by atoms with Crippen LogP contribution >= 0.6 is 0 Å². The Balaban J connectivity index is 1.62. The first-order valence-corrected chi connectivity index (χ1v) is 9.87. The second-order valence-electron chi connectivity index (χ2n) is 7.05. The number of para-hydroxylation sites is 1. The third-order valence-electron chi connectivity index (χ3n) is 4.97. The Labute approximate surface area is 173 Å². The van der Waals surface area contributed by atoms with Crippen LogP contribution in [0.3, 0.4) is 0 Å². The fourth-order valence-corrected chi connectivity index (χ4v) is 3.59. The molecule has 0 aliphatic carbocycles. The summed E-state index contributed by atoms with van der Waals surface area (Å²) in [6.07, 6.45) is 0.736. The molecule has 0 heterocycles. The molecule has 4 nitrogen and oxygen atoms in total. The molecular formula is C25H28N2O2. The highest BCUT2D eigenvalue weighted by Crippen LogP contribution is 2.27. The Morgan fingerprint density at radius 1 is 0.897 bits per heavy atom. The summed E-state index contributed by atoms with van der Waals surface area (Å²) in [7, 11) is 3.66. The molecule has 150 valence electrons. The molecule has 0 aliphatic heterocycles. The van der Waals surface area contributed by atoms with Crippen LogP contribution in [0.25, 0.3) is 0 Å². The monoisotopic (exact) mass is 388 g/mol. The van der Waals surface area contributed by atoms with E-state index in [0.717, 1.165) is 17.7 Å². The third kappa shape index (κ3) is 5.69. The minimum absolute atomic E-state index is 0.0132. The van der Waals surface area contributed by atoms with Gasteiger partial charge in [-0.1, -0.05) is 78.9 Å². The van der Waals surface area contributed by atoms with Gasteiger partial charge in [-0.25, -0.2) is 0 Å². The van der Waals surface area contributed by atoms with Crippen LogP contribution in [-0.4, -0.2) is 38.1 Å². The summed E-state index contributed by atoms with van der Waals surface area (Å²) in [5.41, 5.74) is 3.43. The lowest BCUT2D eigenvalue weighted by Gasteiger charge is -2.28. The van der Waals surface area contributed by atoms with Crippen LogP contribution in [0.2, 0.25) is 0 Å². The first-order chi connectivity index (χ1) is 14.2. The summed E-state index contributed by atoms with van der Waals surface area (Å²) in [6, 6.07) is 28.5. The van der Waals surface area contributed by atoms with Gasteiger partial charge in [-0.3, -0.25) is 9.69 Å². The summed E-state index contributed by atoms with van der Waals surface area (Å²) in [5.74, 6) is 0.867. The molecule has 0 unspecified atom stereocenters. The normalized spacial score (nSPS) is 10.9. The Hall–Kier alpha value is -3.11. The van der Waals surface area contributed by atoms with Crippen LogP contribution in [0.15, 0.2) is 84.9 Å². The van der Waals surface area contributed by atoms with Crippen molar-refractivity contribution in [2.75, 3.05) is 27.2 Å². The summed E-state index contributed by atoms with van der Waals surface area (Å²) >= 11 is 0. The molecule has 1 amide bonds. The van der Waals surface area contributed by atoms with Crippen molar-refractivity contribution in [3.05, 3.63) is 102 Å². The average molecular weight is 389 g/mol. The molecule has 0 radical (unpaired) electrons. The molecule has 3 aromatic rings. The molecule has 0 spiro atoms. The third-order valence-corrected chi connectivity index (χ3v) is 4.97. The van der Waals surface area contributed by atoms with E-state index in [4.69, 9.17) is 4.74 Å². The molecular weight excluding hydrogens is 360 g/mol. The lowest BCUT2D eigenvalue weighted by atomic mass is 9.97. The zero-order valence-corrected chi connectivity index (χ0v) is 17.0. The molecule has 29 heavy (non-hydrogen) atoms. The lowest BCUT2D eigenvalue weighted by Crippen LogP contribution is -2.38. The number of hydrogen-bond acceptors (Lipinski definition) is 3. The Morgan fingerprint density at radius 2 is 1.45 bits per heavy atom. The van der Waals surface area contributed by atoms with Crippen molar-refractivity contribution in [3.63, 3.8) is 0 Å². The summed E-state index contributed by atoms with van der Waals surface area (Å²) < 4.78 is 5.38. The van der Waals surface area contributed by atoms with E-state index in [2.05, 4.69) is 34.5 Å². The molecule has 0 saturated heterocycles. The highest BCUT2D eigenvalue weighted by molar-refractivity contribution is 5.78. The first kappa shape index (κ1) is 20.6. The van der Waals surface area contributed by atoms with Crippen LogP contribution in [-0.2, 0) is 11.2 Å². The van der Waals surface area contributed by atoms with Gasteiger partial charge >= 0.3 is 0 Å². The number of methoxy groups -OCH3 is 1. The quantitative estimate of drug-likeness (QED) is 0.601. The Kier molecular flexibility index (Phi) is 7.42. The Bertz CT molecular complexity index is 857. The number of rotatable bonds is 9. The van der Waals surface area contributed by atoms with E-state index < -0.39 is 0 Å². The minimum Gasteiger partial charge on any atom is -0.496 e. The maximum atomic E-state index is 12.6. The number of amides is 1. The smallest absolute Gasteiger partial charge is 0.234 e. The second kappa shape index (κ2) is 10.4. The van der Waals surface area contributed by atoms with E-state index in [-0.39, 0.29) is 11.9 Å². The minimum atomic E-state index is 0.0132. The van der Waals surface area contributed by atoms with E-state index >= 15 is 0 Å². The van der Waals surface area contributed by atoms with Gasteiger partial charge in [-0.15, -0.1) is 0 Å². The SMILES string of the molecule is COc1ccccc1CCNC(=O)CN(C)C(c1ccccc1)c1ccccc1. The highest BCUT2D eigenvalue weighted by Gasteiger charge is 2.21. The van der Waals surface area contributed by atoms with Crippen molar-refractivity contribution in [2.24, 2.45) is 0 Å². The van der Waals surface area contributed by atoms with Crippen LogP contribution in [0, 0.1) is 0 Å². The first-order valence-electron chi connectivity index (χ1n) is 9.87. The molecule has 0 aliphatic rings. The number of nitrogens with zero attached hydrogens (tertiary/aromatic N) is 1. The van der Waals surface area contributed by atoms with Crippen molar-refractivity contribution in [3.8, 4) is 5.75 Å². The van der Waals surface area contributed by atoms with Gasteiger partial charge in [-0.05, 0) is 36.2 Å². The lowest BCUT2D eigenvalue weighted by molar-refractivity contribution is -0.122. The average Bonchev–Trinajstić information content (AvgIpc) is 2.76. The largest absolute Gasteiger partial charge is 0.496 e. The van der Waals surface area contributed by atoms with Crippen molar-refractivity contribution in [1.29, 1.82) is 0 Å². The van der Waals surface area contributed by atoms with Crippen molar-refractivity contribution in [1.82, 2.24) is 10.2 Å². The van der Waals surface area contributed by atoms with Crippen LogP contribution < -0.4 is 10.1 Å². The predicted octanol–water partition coefficient (Wildman–Crippen LogP) is 4.08. The summed E-state index contributed by atoms with van der Waals surface area (Å²) in [6.45, 7) is 0.898. The van der Waals surface area contributed by atoms with Gasteiger partial charge in [0.15, 0.2) is 0 Å². The molecule has 0 saturated carbocycles. The van der Waals surface area contributed by atoms with E-state index in [1.54, 1.807) is 7.11 Å². The van der Waals surface area contributed by atoms with E-state index in [9.17, 15) is 4.79 Å². The Morgan fingerprint density at radius 3 is 2.03 bits per heavy atom. The molecule has 0 bridgehead atoms. The van der Waals surface area contributed by atoms with E-state index in [0.29, 0.717) is 13.1 Å². The number of carbonyl (C=O) groups is 1. The number of hydrogen-bond donors (Lipinski definition) is 1. The fourth-order valence-electron chi connectivity index (χ4n) is 3.59. The zero-order valence-electron chi connectivity index (χ0n) is 17.0. The molecule has 3 aromatic carbocycles. The van der Waals surface area contributed by atoms with Crippen molar-refractivity contribution in [2.45, 2.75) is 12.5 Å². The molecule has 0 aromatic heterocycles. The van der Waals surface area contributed by atoms with Gasteiger partial charge in [0.2, 0.25) is 5.91 Å². The predicted molar refractivity (Wildman–Crippen MR) is 117 cm³/mol. The maximum Gasteiger partial charge on any atom is 0.234 e. The van der Waals surface area contributed by atoms with Gasteiger partial charge in [0.1, 0.15) is 5.75 Å². The van der Waals surface area contributed by atoms with Crippen LogP contribution in [0.4, 0.5) is 0 Å². The van der Waals surface area contributed by atoms with E-state index in [1.807, 2.05) is 67.7 Å². The molecule has 1 N–H and O–H groups in total. The maximum absolute atomic E-state index is 12.6. The number of likely N-dealkylation sites (N-methyl/N-ethyl adjacent to an activating group) is 1. The molecule has 0 fully saturated rings. The van der Waals surface area contributed by atoms with Gasteiger partial charge in [-0.2, -0.15) is 0 Å². The zero-order chi connectivity index (χ0) is 20.5. The number of nitrogens with one attached hydrogen (secondary N) is 1. The standard InChI is InChI=1S/C25H28N2O2/c1-27(19-24(28)26-18-17-20-11-9-10-16-23(20)29-2)25(21-12-5-3-6-13-21)22-14-7-4-8-15-22/h3-16,25H,17-19H2,1-2H3,(H,26,28). The second-order valence-corrected chi connectivity index (χ2v) is 7.05. The molecule has 3 rings (SSSR count). The number of benzene rings is 3. The van der Waals surface area contributed by atoms with Crippen LogP contribution in [0.5, 0.6) is 5.75 Å². The van der Waals surface area contributed by atoms with Crippen LogP contribution in [0.1, 0.15) is 22.7 Å². The molecule has 4 heteroatoms.